The van der Waals surface area contributed by atoms with Crippen LogP contribution in [0.3, 0.4) is 0 Å². The molecule has 0 aliphatic carbocycles. The molecule has 7 aromatic rings. The number of benzene rings is 7. The van der Waals surface area contributed by atoms with Crippen LogP contribution in [0.25, 0.3) is 0 Å². The van der Waals surface area contributed by atoms with E-state index in [4.69, 9.17) is 18.9 Å². The standard InChI is InChI=1S/C44H28B2O4S2/c1-25-13-15-31-39(17-25)51-41-21-29(47-27-9-5-3-6-10-27)19-37-43(41)45(31)33-23-34-36(24-35(33)49-37)50-38-20-30(48-28-11-7-4-8-12-28)22-42-44(38)46(34)32-16-14-26(2)18-40(32)52-42/h3-24H,1-2H3. The Morgan fingerprint density at radius 1 is 0.404 bits per heavy atom. The third-order valence-electron chi connectivity index (χ3n) is 10.3. The molecule has 4 heterocycles. The van der Waals surface area contributed by atoms with Gasteiger partial charge in [0.2, 0.25) is 0 Å². The van der Waals surface area contributed by atoms with E-state index < -0.39 is 0 Å². The Bertz CT molecular complexity index is 2450. The number of rotatable bonds is 4. The molecule has 0 atom stereocenters. The fraction of sp³-hybridized carbons (Fsp3) is 0.0455. The molecule has 0 amide bonds. The molecule has 8 heteroatoms. The first kappa shape index (κ1) is 30.2. The van der Waals surface area contributed by atoms with Crippen molar-refractivity contribution in [1.29, 1.82) is 0 Å². The van der Waals surface area contributed by atoms with E-state index in [9.17, 15) is 0 Å². The van der Waals surface area contributed by atoms with Crippen molar-refractivity contribution in [3.63, 3.8) is 0 Å². The van der Waals surface area contributed by atoms with Gasteiger partial charge in [-0.3, -0.25) is 0 Å². The van der Waals surface area contributed by atoms with E-state index in [1.165, 1.54) is 42.8 Å². The second kappa shape index (κ2) is 11.5. The first-order chi connectivity index (χ1) is 25.5. The van der Waals surface area contributed by atoms with E-state index in [2.05, 4.69) is 74.5 Å². The average Bonchev–Trinajstić information content (AvgIpc) is 3.14. The van der Waals surface area contributed by atoms with Crippen molar-refractivity contribution in [3.8, 4) is 46.0 Å². The van der Waals surface area contributed by atoms with Crippen LogP contribution in [0.5, 0.6) is 46.0 Å². The summed E-state index contributed by atoms with van der Waals surface area (Å²) in [5.41, 5.74) is 9.74. The molecule has 0 N–H and O–H groups in total. The highest BCUT2D eigenvalue weighted by molar-refractivity contribution is 8.00. The minimum Gasteiger partial charge on any atom is -0.458 e. The van der Waals surface area contributed by atoms with Crippen molar-refractivity contribution < 1.29 is 18.9 Å². The summed E-state index contributed by atoms with van der Waals surface area (Å²) >= 11 is 3.59. The lowest BCUT2D eigenvalue weighted by Gasteiger charge is -2.37. The second-order valence-electron chi connectivity index (χ2n) is 13.8. The Morgan fingerprint density at radius 2 is 0.865 bits per heavy atom. The maximum atomic E-state index is 6.89. The molecular weight excluding hydrogens is 678 g/mol. The maximum Gasteiger partial charge on any atom is 0.253 e. The van der Waals surface area contributed by atoms with Crippen LogP contribution in [0.1, 0.15) is 11.1 Å². The average molecular weight is 706 g/mol. The molecule has 0 unspecified atom stereocenters. The Labute approximate surface area is 311 Å². The van der Waals surface area contributed by atoms with Crippen molar-refractivity contribution in [2.24, 2.45) is 0 Å². The van der Waals surface area contributed by atoms with Crippen LogP contribution in [0.15, 0.2) is 153 Å². The molecule has 4 nitrogen and oxygen atoms in total. The first-order valence-corrected chi connectivity index (χ1v) is 19.1. The maximum absolute atomic E-state index is 6.89. The number of fused-ring (bicyclic) bond motifs is 8. The van der Waals surface area contributed by atoms with E-state index >= 15 is 0 Å². The van der Waals surface area contributed by atoms with Gasteiger partial charge in [0.25, 0.3) is 13.4 Å². The SMILES string of the molecule is Cc1ccc2c(c1)Sc1cc(Oc3ccccc3)cc3c1B2c1cc2c(cc1O3)Oc1cc(Oc3ccccc3)cc3c1B2c1ccc(C)cc1S3. The van der Waals surface area contributed by atoms with Gasteiger partial charge in [0.15, 0.2) is 0 Å². The lowest BCUT2D eigenvalue weighted by molar-refractivity contribution is 0.449. The number of hydrogen-bond acceptors (Lipinski definition) is 6. The molecule has 0 spiro atoms. The van der Waals surface area contributed by atoms with E-state index in [0.717, 1.165) is 66.7 Å². The molecule has 4 aliphatic rings. The van der Waals surface area contributed by atoms with E-state index in [1.807, 2.05) is 72.8 Å². The normalized spacial score (nSPS) is 13.7. The van der Waals surface area contributed by atoms with Gasteiger partial charge in [-0.15, -0.1) is 0 Å². The minimum atomic E-state index is -0.000329. The molecule has 0 saturated heterocycles. The molecule has 52 heavy (non-hydrogen) atoms. The lowest BCUT2D eigenvalue weighted by atomic mass is 9.32. The molecule has 0 bridgehead atoms. The van der Waals surface area contributed by atoms with Crippen LogP contribution < -0.4 is 51.7 Å². The molecule has 7 aromatic carbocycles. The summed E-state index contributed by atoms with van der Waals surface area (Å²) in [4.78, 5) is 4.82. The second-order valence-corrected chi connectivity index (χ2v) is 15.9. The zero-order valence-electron chi connectivity index (χ0n) is 28.3. The number of para-hydroxylation sites is 2. The van der Waals surface area contributed by atoms with Crippen LogP contribution in [-0.2, 0) is 0 Å². The van der Waals surface area contributed by atoms with Crippen LogP contribution in [0, 0.1) is 13.8 Å². The summed E-state index contributed by atoms with van der Waals surface area (Å²) in [5.74, 6) is 6.30. The number of aryl methyl sites for hydroxylation is 2. The van der Waals surface area contributed by atoms with Gasteiger partial charge < -0.3 is 18.9 Å². The number of ether oxygens (including phenoxy) is 4. The number of hydrogen-bond donors (Lipinski definition) is 0. The highest BCUT2D eigenvalue weighted by Crippen LogP contribution is 2.44. The van der Waals surface area contributed by atoms with Gasteiger partial charge in [-0.25, -0.2) is 0 Å². The van der Waals surface area contributed by atoms with Crippen LogP contribution >= 0.6 is 23.5 Å². The summed E-state index contributed by atoms with van der Waals surface area (Å²) < 4.78 is 26.5. The molecule has 11 rings (SSSR count). The predicted molar refractivity (Wildman–Crippen MR) is 212 cm³/mol. The summed E-state index contributed by atoms with van der Waals surface area (Å²) in [7, 11) is 0. The highest BCUT2D eigenvalue weighted by Gasteiger charge is 2.44. The highest BCUT2D eigenvalue weighted by atomic mass is 32.2. The van der Waals surface area contributed by atoms with Crippen molar-refractivity contribution in [2.45, 2.75) is 33.4 Å². The topological polar surface area (TPSA) is 36.9 Å². The summed E-state index contributed by atoms with van der Waals surface area (Å²) in [6, 6.07) is 46.4. The van der Waals surface area contributed by atoms with Crippen LogP contribution in [0.2, 0.25) is 0 Å². The van der Waals surface area contributed by atoms with Gasteiger partial charge in [0.1, 0.15) is 46.0 Å². The van der Waals surface area contributed by atoms with Crippen LogP contribution in [-0.4, -0.2) is 13.4 Å². The Hall–Kier alpha value is -5.43. The third-order valence-corrected chi connectivity index (χ3v) is 12.6. The van der Waals surface area contributed by atoms with Gasteiger partial charge in [0, 0.05) is 37.8 Å². The van der Waals surface area contributed by atoms with Crippen LogP contribution in [0.4, 0.5) is 0 Å². The van der Waals surface area contributed by atoms with Gasteiger partial charge in [-0.05, 0) is 84.2 Å². The predicted octanol–water partition coefficient (Wildman–Crippen LogP) is 8.06. The molecule has 0 aromatic heterocycles. The smallest absolute Gasteiger partial charge is 0.253 e. The van der Waals surface area contributed by atoms with Crippen molar-refractivity contribution >= 4 is 69.7 Å². The minimum absolute atomic E-state index is 0.000329. The molecule has 246 valence electrons. The van der Waals surface area contributed by atoms with Gasteiger partial charge in [0.05, 0.1) is 0 Å². The first-order valence-electron chi connectivity index (χ1n) is 17.4. The quantitative estimate of drug-likeness (QED) is 0.173. The summed E-state index contributed by atoms with van der Waals surface area (Å²) in [6.45, 7) is 4.32. The lowest BCUT2D eigenvalue weighted by Crippen LogP contribution is -2.61. The molecule has 4 aliphatic heterocycles. The molecule has 0 saturated carbocycles. The molecular formula is C44H28B2O4S2. The largest absolute Gasteiger partial charge is 0.458 e. The van der Waals surface area contributed by atoms with Gasteiger partial charge in [-0.2, -0.15) is 0 Å². The summed E-state index contributed by atoms with van der Waals surface area (Å²) in [5, 5.41) is 0. The van der Waals surface area contributed by atoms with Crippen molar-refractivity contribution in [2.75, 3.05) is 0 Å². The van der Waals surface area contributed by atoms with Crippen molar-refractivity contribution in [1.82, 2.24) is 0 Å². The van der Waals surface area contributed by atoms with E-state index in [-0.39, 0.29) is 13.4 Å². The van der Waals surface area contributed by atoms with E-state index in [0.29, 0.717) is 0 Å². The zero-order chi connectivity index (χ0) is 34.5. The Kier molecular flexibility index (Phi) is 6.71. The fourth-order valence-electron chi connectivity index (χ4n) is 8.02. The Balaban J connectivity index is 1.09. The van der Waals surface area contributed by atoms with E-state index in [1.54, 1.807) is 23.5 Å². The Morgan fingerprint density at radius 3 is 1.33 bits per heavy atom. The third kappa shape index (κ3) is 4.81. The fourth-order valence-corrected chi connectivity index (χ4v) is 10.6. The zero-order valence-corrected chi connectivity index (χ0v) is 29.9. The monoisotopic (exact) mass is 706 g/mol. The van der Waals surface area contributed by atoms with Gasteiger partial charge in [-0.1, -0.05) is 112 Å². The van der Waals surface area contributed by atoms with Crippen molar-refractivity contribution in [3.05, 3.63) is 145 Å². The molecule has 0 radical (unpaired) electrons. The molecule has 0 fully saturated rings. The van der Waals surface area contributed by atoms with Gasteiger partial charge >= 0.3 is 0 Å². The summed E-state index contributed by atoms with van der Waals surface area (Å²) in [6.07, 6.45) is 0.